The first-order chi connectivity index (χ1) is 29.9. The molecule has 7 heterocycles. The summed E-state index contributed by atoms with van der Waals surface area (Å²) in [5.74, 6) is -0.561. The maximum atomic E-state index is 12.8. The number of aromatic nitrogens is 11. The standard InChI is InChI=1S/C26H37N13O21P4/c1-36-9-39(20-14(36)22(44)33-26(28)31-20)24-18(53-2)16(41)11(58-24)7-55-63(49,50)59-61(45,46)12-5-37(35-34-12)3-4-54-62(47,48)60-64(51,52)56-6-10-15(40)17(42)23(57-10)38-8-29-13-19(38)30-25(27)32-21(13)43/h5,8-11,15-18,23-24,40-42H,3-4,6-7H2,1-2H3,(H9-,27,28,30,31,32,33,43,44,45,46,47,48,49,50,51,52)/p-3/t10-,11-,15?,16?,17+,18+,23-,24-/m1/s1. The zero-order chi connectivity index (χ0) is 46.7. The molecule has 2 fully saturated rings. The number of H-pyrrole nitrogens is 2. The van der Waals surface area contributed by atoms with Gasteiger partial charge in [-0.25, -0.2) is 18.5 Å². The van der Waals surface area contributed by atoms with Crippen LogP contribution >= 0.6 is 31.1 Å². The van der Waals surface area contributed by atoms with Gasteiger partial charge in [-0.2, -0.15) is 4.98 Å². The van der Waals surface area contributed by atoms with E-state index in [0.29, 0.717) is 10.9 Å². The third-order valence-electron chi connectivity index (χ3n) is 9.29. The number of rotatable bonds is 18. The van der Waals surface area contributed by atoms with Gasteiger partial charge in [-0.05, 0) is 0 Å². The number of nitrogens with two attached hydrogens (primary N) is 2. The van der Waals surface area contributed by atoms with Gasteiger partial charge in [0.15, 0.2) is 36.7 Å². The zero-order valence-corrected chi connectivity index (χ0v) is 35.9. The summed E-state index contributed by atoms with van der Waals surface area (Å²) in [6.45, 7) is -3.75. The van der Waals surface area contributed by atoms with Crippen molar-refractivity contribution < 1.29 is 94.1 Å². The van der Waals surface area contributed by atoms with Crippen LogP contribution in [-0.4, -0.2) is 128 Å². The average Bonchev–Trinajstić information content (AvgIpc) is 4.01. The Hall–Kier alpha value is -4.24. The SMILES string of the molecule is CO[C@H]1C(O)[C@@H](COP(=O)([O-])OP(=O)([O-])c2cn(CCOP(=O)([O-])OP(=O)([O-])OC[C@H]3O[C@@H](n4cnc5c(=O)[nH]c(N)nc54)[C@@H](O)C3O)nn2)O[C@H]1[n+]1cn(C)c2c(=O)[nH]c(N)nc21. The van der Waals surface area contributed by atoms with Gasteiger partial charge in [0.05, 0.1) is 45.9 Å². The predicted octanol–water partition coefficient (Wildman–Crippen LogP) is -7.30. The molecule has 7 rings (SSSR count). The van der Waals surface area contributed by atoms with E-state index in [1.165, 1.54) is 29.6 Å². The lowest BCUT2D eigenvalue weighted by molar-refractivity contribution is -0.746. The van der Waals surface area contributed by atoms with E-state index in [0.717, 1.165) is 10.9 Å². The van der Waals surface area contributed by atoms with E-state index in [1.807, 2.05) is 0 Å². The molecule has 2 saturated heterocycles. The topological polar surface area (TPSA) is 496 Å². The quantitative estimate of drug-likeness (QED) is 0.0317. The van der Waals surface area contributed by atoms with Crippen molar-refractivity contribution in [1.82, 2.24) is 49.0 Å². The van der Waals surface area contributed by atoms with Crippen LogP contribution in [0.5, 0.6) is 0 Å². The summed E-state index contributed by atoms with van der Waals surface area (Å²) in [5, 5.41) is 38.5. The van der Waals surface area contributed by atoms with Gasteiger partial charge in [-0.15, -0.1) is 5.10 Å². The van der Waals surface area contributed by atoms with Crippen LogP contribution in [-0.2, 0) is 68.3 Å². The monoisotopic (exact) mass is 988 g/mol. The fourth-order valence-electron chi connectivity index (χ4n) is 6.48. The van der Waals surface area contributed by atoms with Crippen LogP contribution in [0, 0.1) is 0 Å². The van der Waals surface area contributed by atoms with Crippen molar-refractivity contribution in [1.29, 1.82) is 0 Å². The van der Waals surface area contributed by atoms with Crippen molar-refractivity contribution in [2.75, 3.05) is 38.4 Å². The van der Waals surface area contributed by atoms with E-state index >= 15 is 0 Å². The number of phosphoric acid groups is 3. The molecule has 0 amide bonds. The Morgan fingerprint density at radius 3 is 2.19 bits per heavy atom. The van der Waals surface area contributed by atoms with Gasteiger partial charge >= 0.3 is 5.65 Å². The Labute approximate surface area is 354 Å². The summed E-state index contributed by atoms with van der Waals surface area (Å²) < 4.78 is 92.9. The molecule has 0 radical (unpaired) electrons. The van der Waals surface area contributed by atoms with Crippen molar-refractivity contribution in [3.05, 3.63) is 39.6 Å². The van der Waals surface area contributed by atoms with Crippen LogP contribution in [0.3, 0.4) is 0 Å². The van der Waals surface area contributed by atoms with Crippen molar-refractivity contribution >= 4 is 70.7 Å². The maximum absolute atomic E-state index is 12.8. The number of hydrogen-bond donors (Lipinski definition) is 7. The maximum Gasteiger partial charge on any atom is 0.313 e. The molecule has 0 bridgehead atoms. The van der Waals surface area contributed by atoms with Gasteiger partial charge in [0.2, 0.25) is 17.7 Å². The number of nitrogens with zero attached hydrogens (tertiary/aromatic N) is 9. The number of anilines is 2. The number of aliphatic hydroxyl groups is 3. The number of fused-ring (bicyclic) bond motifs is 2. The van der Waals surface area contributed by atoms with Gasteiger partial charge in [-0.3, -0.25) is 46.7 Å². The molecule has 352 valence electrons. The Bertz CT molecular complexity index is 2870. The second-order valence-corrected chi connectivity index (χ2v) is 19.8. The van der Waals surface area contributed by atoms with Gasteiger partial charge in [-0.1, -0.05) is 10.2 Å². The summed E-state index contributed by atoms with van der Waals surface area (Å²) in [5.41, 5.74) is 8.50. The Morgan fingerprint density at radius 1 is 0.875 bits per heavy atom. The van der Waals surface area contributed by atoms with Crippen molar-refractivity contribution in [3.63, 3.8) is 0 Å². The van der Waals surface area contributed by atoms with Gasteiger partial charge in [0.25, 0.3) is 40.5 Å². The highest BCUT2D eigenvalue weighted by Crippen LogP contribution is 2.56. The number of methoxy groups -OCH3 is 1. The minimum atomic E-state index is -5.81. The van der Waals surface area contributed by atoms with Crippen molar-refractivity contribution in [3.8, 4) is 0 Å². The zero-order valence-electron chi connectivity index (χ0n) is 32.3. The lowest BCUT2D eigenvalue weighted by Crippen LogP contribution is -2.47. The van der Waals surface area contributed by atoms with Crippen LogP contribution in [0.2, 0.25) is 0 Å². The van der Waals surface area contributed by atoms with Gasteiger partial charge in [0, 0.05) is 7.11 Å². The Kier molecular flexibility index (Phi) is 13.3. The van der Waals surface area contributed by atoms with E-state index in [1.54, 1.807) is 0 Å². The molecule has 38 heteroatoms. The molecule has 5 aromatic rings. The van der Waals surface area contributed by atoms with Crippen LogP contribution < -0.4 is 52.2 Å². The third-order valence-corrected chi connectivity index (χ3v) is 14.7. The molecule has 0 aromatic carbocycles. The van der Waals surface area contributed by atoms with Crippen LogP contribution in [0.1, 0.15) is 12.5 Å². The number of phosphoric ester groups is 3. The first-order valence-electron chi connectivity index (χ1n) is 17.8. The number of hydrogen-bond acceptors (Lipinski definition) is 28. The van der Waals surface area contributed by atoms with E-state index in [4.69, 9.17) is 30.2 Å². The first kappa shape index (κ1) is 47.7. The number of aryl methyl sites for hydroxylation is 1. The van der Waals surface area contributed by atoms with E-state index in [-0.39, 0.29) is 34.2 Å². The average molecular weight is 989 g/mol. The highest BCUT2D eigenvalue weighted by atomic mass is 31.3. The second kappa shape index (κ2) is 17.9. The van der Waals surface area contributed by atoms with E-state index < -0.39 is 123 Å². The largest absolute Gasteiger partial charge is 0.774 e. The molecular weight excluding hydrogens is 954 g/mol. The van der Waals surface area contributed by atoms with Crippen molar-refractivity contribution in [2.45, 2.75) is 55.6 Å². The first-order valence-corrected chi connectivity index (χ1v) is 23.7. The molecule has 64 heavy (non-hydrogen) atoms. The molecule has 12 atom stereocenters. The molecule has 5 aromatic heterocycles. The van der Waals surface area contributed by atoms with Crippen LogP contribution in [0.4, 0.5) is 11.9 Å². The smallest absolute Gasteiger partial charge is 0.313 e. The van der Waals surface area contributed by atoms with E-state index in [2.05, 4.69) is 52.9 Å². The number of aromatic amines is 2. The summed E-state index contributed by atoms with van der Waals surface area (Å²) in [7, 11) is -20.3. The highest BCUT2D eigenvalue weighted by molar-refractivity contribution is 7.67. The third kappa shape index (κ3) is 9.95. The summed E-state index contributed by atoms with van der Waals surface area (Å²) >= 11 is 0. The molecule has 9 N–H and O–H groups in total. The minimum Gasteiger partial charge on any atom is -0.774 e. The summed E-state index contributed by atoms with van der Waals surface area (Å²) in [6.07, 6.45) is -9.24. The Balaban J connectivity index is 0.886. The number of nitrogen functional groups attached to an aromatic ring is 2. The van der Waals surface area contributed by atoms with Gasteiger partial charge in [0.1, 0.15) is 36.6 Å². The highest BCUT2D eigenvalue weighted by Gasteiger charge is 2.49. The van der Waals surface area contributed by atoms with Gasteiger partial charge < -0.3 is 78.7 Å². The molecule has 0 aliphatic carbocycles. The number of ether oxygens (including phenoxy) is 3. The molecule has 34 nitrogen and oxygen atoms in total. The fourth-order valence-corrected chi connectivity index (χ4v) is 10.8. The summed E-state index contributed by atoms with van der Waals surface area (Å²) in [6, 6.07) is 0. The molecule has 0 saturated carbocycles. The lowest BCUT2D eigenvalue weighted by Gasteiger charge is -2.31. The normalized spacial score (nSPS) is 27.7. The summed E-state index contributed by atoms with van der Waals surface area (Å²) in [4.78, 5) is 90.9. The molecule has 6 unspecified atom stereocenters. The molecular formula is C26H34N13O21P4-3. The predicted molar refractivity (Wildman–Crippen MR) is 195 cm³/mol. The molecule has 0 spiro atoms. The molecule has 2 aliphatic rings. The molecule has 2 aliphatic heterocycles. The van der Waals surface area contributed by atoms with E-state index in [9.17, 15) is 62.7 Å². The Morgan fingerprint density at radius 2 is 1.50 bits per heavy atom. The number of imidazole rings is 2. The second-order valence-electron chi connectivity index (χ2n) is 13.6. The van der Waals surface area contributed by atoms with Crippen LogP contribution in [0.15, 0.2) is 28.4 Å². The van der Waals surface area contributed by atoms with Crippen LogP contribution in [0.25, 0.3) is 22.3 Å². The minimum absolute atomic E-state index is 0.0163. The lowest BCUT2D eigenvalue weighted by atomic mass is 10.1. The number of nitrogens with one attached hydrogen (secondary N) is 2. The number of aliphatic hydroxyl groups excluding tert-OH is 3. The fraction of sp³-hybridized carbons (Fsp3) is 0.538. The van der Waals surface area contributed by atoms with Crippen molar-refractivity contribution in [2.24, 2.45) is 7.05 Å².